The quantitative estimate of drug-likeness (QED) is 0.414. The minimum absolute atomic E-state index is 0.112. The number of hydrogen-bond acceptors (Lipinski definition) is 2. The second-order valence-electron chi connectivity index (χ2n) is 5.14. The molecule has 2 aliphatic carbocycles. The van der Waals surface area contributed by atoms with Gasteiger partial charge in [0, 0.05) is 12.5 Å². The van der Waals surface area contributed by atoms with Crippen LogP contribution in [-0.2, 0) is 9.47 Å². The van der Waals surface area contributed by atoms with Crippen LogP contribution < -0.4 is 0 Å². The first-order valence-electron chi connectivity index (χ1n) is 7.10. The second-order valence-corrected chi connectivity index (χ2v) is 5.14. The third-order valence-electron chi connectivity index (χ3n) is 3.95. The molecule has 96 valence electrons. The van der Waals surface area contributed by atoms with Crippen LogP contribution in [0.1, 0.15) is 51.9 Å². The molecule has 17 heavy (non-hydrogen) atoms. The molecule has 2 nitrogen and oxygen atoms in total. The lowest BCUT2D eigenvalue weighted by molar-refractivity contribution is -0.0728. The minimum Gasteiger partial charge on any atom is -0.356 e. The maximum absolute atomic E-state index is 5.56. The summed E-state index contributed by atoms with van der Waals surface area (Å²) >= 11 is 0. The van der Waals surface area contributed by atoms with Gasteiger partial charge in [0.2, 0.25) is 0 Å². The Labute approximate surface area is 105 Å². The van der Waals surface area contributed by atoms with Crippen LogP contribution in [0.5, 0.6) is 0 Å². The fourth-order valence-electron chi connectivity index (χ4n) is 2.90. The number of ether oxygens (including phenoxy) is 2. The van der Waals surface area contributed by atoms with Crippen molar-refractivity contribution in [3.63, 3.8) is 0 Å². The SMILES string of the molecule is CCOCOC1C#CC(C2CCCCC2)CC1. The first-order chi connectivity index (χ1) is 8.40. The molecule has 1 fully saturated rings. The standard InChI is InChI=1S/C15H24O2/c1-2-16-12-17-15-10-8-14(9-11-15)13-6-4-3-5-7-13/h13-15H,2-8,10,12H2,1H3. The molecule has 0 amide bonds. The molecule has 0 aromatic carbocycles. The summed E-state index contributed by atoms with van der Waals surface area (Å²) in [6.45, 7) is 3.09. The van der Waals surface area contributed by atoms with Gasteiger partial charge in [-0.15, -0.1) is 0 Å². The molecule has 0 heterocycles. The first kappa shape index (κ1) is 12.9. The van der Waals surface area contributed by atoms with E-state index in [0.29, 0.717) is 19.3 Å². The van der Waals surface area contributed by atoms with Gasteiger partial charge in [0.1, 0.15) is 12.9 Å². The monoisotopic (exact) mass is 236 g/mol. The van der Waals surface area contributed by atoms with Crippen LogP contribution in [0.2, 0.25) is 0 Å². The highest BCUT2D eigenvalue weighted by molar-refractivity contribution is 5.14. The van der Waals surface area contributed by atoms with Crippen LogP contribution in [0.3, 0.4) is 0 Å². The lowest BCUT2D eigenvalue weighted by atomic mass is 9.77. The number of hydrogen-bond donors (Lipinski definition) is 0. The highest BCUT2D eigenvalue weighted by Crippen LogP contribution is 2.33. The van der Waals surface area contributed by atoms with Gasteiger partial charge in [0.25, 0.3) is 0 Å². The van der Waals surface area contributed by atoms with Crippen molar-refractivity contribution in [1.29, 1.82) is 0 Å². The van der Waals surface area contributed by atoms with Gasteiger partial charge in [-0.3, -0.25) is 0 Å². The van der Waals surface area contributed by atoms with Crippen molar-refractivity contribution in [2.24, 2.45) is 11.8 Å². The van der Waals surface area contributed by atoms with Crippen LogP contribution in [0, 0.1) is 23.7 Å². The number of rotatable bonds is 5. The molecule has 2 heteroatoms. The van der Waals surface area contributed by atoms with E-state index in [1.807, 2.05) is 6.92 Å². The zero-order chi connectivity index (χ0) is 11.9. The molecular weight excluding hydrogens is 212 g/mol. The van der Waals surface area contributed by atoms with Gasteiger partial charge in [0.15, 0.2) is 0 Å². The van der Waals surface area contributed by atoms with Gasteiger partial charge in [-0.25, -0.2) is 0 Å². The van der Waals surface area contributed by atoms with Gasteiger partial charge in [-0.2, -0.15) is 0 Å². The largest absolute Gasteiger partial charge is 0.356 e. The Bertz CT molecular complexity index is 270. The van der Waals surface area contributed by atoms with E-state index < -0.39 is 0 Å². The van der Waals surface area contributed by atoms with Crippen molar-refractivity contribution in [1.82, 2.24) is 0 Å². The summed E-state index contributed by atoms with van der Waals surface area (Å²) in [6, 6.07) is 0. The minimum atomic E-state index is 0.112. The van der Waals surface area contributed by atoms with Crippen molar-refractivity contribution in [3.05, 3.63) is 0 Å². The molecule has 0 saturated heterocycles. The van der Waals surface area contributed by atoms with Crippen molar-refractivity contribution in [3.8, 4) is 11.8 Å². The van der Waals surface area contributed by atoms with Crippen LogP contribution in [0.4, 0.5) is 0 Å². The predicted octanol–water partition coefficient (Wildman–Crippen LogP) is 3.36. The van der Waals surface area contributed by atoms with Gasteiger partial charge >= 0.3 is 0 Å². The molecule has 2 aliphatic rings. The van der Waals surface area contributed by atoms with E-state index in [9.17, 15) is 0 Å². The Hall–Kier alpha value is -0.520. The van der Waals surface area contributed by atoms with E-state index in [1.165, 1.54) is 38.5 Å². The lowest BCUT2D eigenvalue weighted by Gasteiger charge is -2.29. The second kappa shape index (κ2) is 7.03. The summed E-state index contributed by atoms with van der Waals surface area (Å²) < 4.78 is 10.8. The summed E-state index contributed by atoms with van der Waals surface area (Å²) in [5.74, 6) is 8.21. The Morgan fingerprint density at radius 2 is 1.82 bits per heavy atom. The molecule has 0 spiro atoms. The van der Waals surface area contributed by atoms with Crippen molar-refractivity contribution < 1.29 is 9.47 Å². The van der Waals surface area contributed by atoms with Gasteiger partial charge < -0.3 is 9.47 Å². The molecule has 2 rings (SSSR count). The Kier molecular flexibility index (Phi) is 5.35. The molecule has 0 N–H and O–H groups in total. The Balaban J connectivity index is 1.75. The van der Waals surface area contributed by atoms with Gasteiger partial charge in [-0.05, 0) is 38.5 Å². The third kappa shape index (κ3) is 4.01. The van der Waals surface area contributed by atoms with Crippen molar-refractivity contribution in [2.45, 2.75) is 58.0 Å². The van der Waals surface area contributed by atoms with E-state index >= 15 is 0 Å². The van der Waals surface area contributed by atoms with E-state index in [4.69, 9.17) is 9.47 Å². The molecule has 0 bridgehead atoms. The molecule has 0 radical (unpaired) electrons. The molecule has 2 unspecified atom stereocenters. The molecule has 0 aliphatic heterocycles. The molecule has 2 atom stereocenters. The first-order valence-corrected chi connectivity index (χ1v) is 7.10. The van der Waals surface area contributed by atoms with Crippen molar-refractivity contribution in [2.75, 3.05) is 13.4 Å². The van der Waals surface area contributed by atoms with Crippen molar-refractivity contribution >= 4 is 0 Å². The van der Waals surface area contributed by atoms with Gasteiger partial charge in [-0.1, -0.05) is 31.1 Å². The fraction of sp³-hybridized carbons (Fsp3) is 0.867. The third-order valence-corrected chi connectivity index (χ3v) is 3.95. The Morgan fingerprint density at radius 1 is 1.00 bits per heavy atom. The fourth-order valence-corrected chi connectivity index (χ4v) is 2.90. The molecular formula is C15H24O2. The average molecular weight is 236 g/mol. The highest BCUT2D eigenvalue weighted by atomic mass is 16.7. The van der Waals surface area contributed by atoms with Gasteiger partial charge in [0.05, 0.1) is 0 Å². The van der Waals surface area contributed by atoms with Crippen LogP contribution in [-0.4, -0.2) is 19.5 Å². The van der Waals surface area contributed by atoms with E-state index in [2.05, 4.69) is 11.8 Å². The molecule has 1 saturated carbocycles. The highest BCUT2D eigenvalue weighted by Gasteiger charge is 2.25. The zero-order valence-corrected chi connectivity index (χ0v) is 10.9. The summed E-state index contributed by atoms with van der Waals surface area (Å²) in [7, 11) is 0. The normalized spacial score (nSPS) is 29.7. The maximum Gasteiger partial charge on any atom is 0.148 e. The lowest BCUT2D eigenvalue weighted by Crippen LogP contribution is -2.24. The van der Waals surface area contributed by atoms with E-state index in [1.54, 1.807) is 0 Å². The maximum atomic E-state index is 5.56. The van der Waals surface area contributed by atoms with E-state index in [0.717, 1.165) is 12.3 Å². The van der Waals surface area contributed by atoms with E-state index in [-0.39, 0.29) is 6.10 Å². The van der Waals surface area contributed by atoms with Crippen LogP contribution in [0.25, 0.3) is 0 Å². The Morgan fingerprint density at radius 3 is 2.47 bits per heavy atom. The molecule has 0 aromatic heterocycles. The smallest absolute Gasteiger partial charge is 0.148 e. The summed E-state index contributed by atoms with van der Waals surface area (Å²) in [5.41, 5.74) is 0. The van der Waals surface area contributed by atoms with Crippen LogP contribution >= 0.6 is 0 Å². The zero-order valence-electron chi connectivity index (χ0n) is 10.9. The summed E-state index contributed by atoms with van der Waals surface area (Å²) in [4.78, 5) is 0. The predicted molar refractivity (Wildman–Crippen MR) is 68.4 cm³/mol. The topological polar surface area (TPSA) is 18.5 Å². The summed E-state index contributed by atoms with van der Waals surface area (Å²) in [5, 5.41) is 0. The van der Waals surface area contributed by atoms with Crippen LogP contribution in [0.15, 0.2) is 0 Å². The molecule has 0 aromatic rings. The average Bonchev–Trinajstić information content (AvgIpc) is 2.41. The summed E-state index contributed by atoms with van der Waals surface area (Å²) in [6.07, 6.45) is 9.45.